The van der Waals surface area contributed by atoms with E-state index in [1.165, 1.54) is 16.7 Å². The van der Waals surface area contributed by atoms with Crippen molar-refractivity contribution >= 4 is 57.8 Å². The van der Waals surface area contributed by atoms with Crippen LogP contribution >= 0.6 is 23.1 Å². The van der Waals surface area contributed by atoms with Crippen molar-refractivity contribution in [2.45, 2.75) is 17.0 Å². The summed E-state index contributed by atoms with van der Waals surface area (Å²) in [5, 5.41) is 18.6. The van der Waals surface area contributed by atoms with Crippen LogP contribution in [0.1, 0.15) is 27.9 Å². The molecule has 0 aliphatic carbocycles. The van der Waals surface area contributed by atoms with Crippen LogP contribution in [0.25, 0.3) is 6.08 Å². The summed E-state index contributed by atoms with van der Waals surface area (Å²) in [5.41, 5.74) is 8.06. The molecule has 2 aliphatic heterocycles. The van der Waals surface area contributed by atoms with Gasteiger partial charge < -0.3 is 21.0 Å². The number of hydrogen-bond acceptors (Lipinski definition) is 10. The van der Waals surface area contributed by atoms with Gasteiger partial charge in [0, 0.05) is 40.2 Å². The van der Waals surface area contributed by atoms with Gasteiger partial charge >= 0.3 is 5.97 Å². The minimum Gasteiger partial charge on any atom is -0.477 e. The number of thioether (sulfide) groups is 1. The molecule has 5 aromatic rings. The van der Waals surface area contributed by atoms with Crippen LogP contribution in [0, 0.1) is 0 Å². The smallest absolute Gasteiger partial charge is 0.352 e. The molecule has 0 bridgehead atoms. The fourth-order valence-corrected chi connectivity index (χ4v) is 7.91. The fraction of sp³-hybridized carbons (Fsp3) is 0.105. The van der Waals surface area contributed by atoms with Gasteiger partial charge in [-0.05, 0) is 17.2 Å². The Kier molecular flexibility index (Phi) is 9.47. The van der Waals surface area contributed by atoms with Gasteiger partial charge in [0.15, 0.2) is 10.8 Å². The first kappa shape index (κ1) is 33.4. The average molecular weight is 715 g/mol. The van der Waals surface area contributed by atoms with E-state index < -0.39 is 34.8 Å². The lowest BCUT2D eigenvalue weighted by atomic mass is 9.80. The number of carboxylic acids is 1. The van der Waals surface area contributed by atoms with E-state index in [9.17, 15) is 19.5 Å². The molecule has 1 saturated heterocycles. The number of benzene rings is 3. The Morgan fingerprint density at radius 2 is 1.57 bits per heavy atom. The molecule has 7 rings (SSSR count). The molecule has 13 heteroatoms. The van der Waals surface area contributed by atoms with E-state index in [0.29, 0.717) is 11.3 Å². The Balaban J connectivity index is 1.22. The number of nitrogens with two attached hydrogens (primary N) is 1. The van der Waals surface area contributed by atoms with E-state index in [0.717, 1.165) is 33.6 Å². The van der Waals surface area contributed by atoms with Crippen molar-refractivity contribution in [3.63, 3.8) is 0 Å². The summed E-state index contributed by atoms with van der Waals surface area (Å²) in [6.45, 7) is 0. The summed E-state index contributed by atoms with van der Waals surface area (Å²) in [6, 6.07) is 31.2. The number of allylic oxidation sites excluding steroid dienone is 1. The number of thiazole rings is 1. The second-order valence-corrected chi connectivity index (χ2v) is 13.5. The highest BCUT2D eigenvalue weighted by Gasteiger charge is 2.54. The Hall–Kier alpha value is -6.05. The highest BCUT2D eigenvalue weighted by atomic mass is 32.2. The number of anilines is 1. The van der Waals surface area contributed by atoms with Crippen molar-refractivity contribution in [3.8, 4) is 0 Å². The van der Waals surface area contributed by atoms with Crippen LogP contribution in [-0.2, 0) is 24.8 Å². The van der Waals surface area contributed by atoms with Crippen LogP contribution in [0.3, 0.4) is 0 Å². The number of nitrogen functional groups attached to an aromatic ring is 1. The van der Waals surface area contributed by atoms with Crippen molar-refractivity contribution in [1.82, 2.24) is 20.2 Å². The predicted octanol–water partition coefficient (Wildman–Crippen LogP) is 5.29. The lowest BCUT2D eigenvalue weighted by Crippen LogP contribution is -2.71. The fourth-order valence-electron chi connectivity index (χ4n) is 6.04. The van der Waals surface area contributed by atoms with E-state index in [-0.39, 0.29) is 22.2 Å². The largest absolute Gasteiger partial charge is 0.477 e. The molecular formula is C38H30N6O5S2. The molecule has 3 aromatic carbocycles. The van der Waals surface area contributed by atoms with Gasteiger partial charge in [-0.25, -0.2) is 9.78 Å². The number of hydrogen-bond donors (Lipinski definition) is 3. The number of rotatable bonds is 11. The molecular weight excluding hydrogens is 685 g/mol. The average Bonchev–Trinajstić information content (AvgIpc) is 3.61. The maximum Gasteiger partial charge on any atom is 0.352 e. The number of fused-ring (bicyclic) bond motifs is 1. The predicted molar refractivity (Wildman–Crippen MR) is 196 cm³/mol. The number of carbonyl (C=O) groups excluding carboxylic acids is 2. The lowest BCUT2D eigenvalue weighted by molar-refractivity contribution is -0.150. The third-order valence-electron chi connectivity index (χ3n) is 8.44. The van der Waals surface area contributed by atoms with Crippen LogP contribution in [0.2, 0.25) is 0 Å². The minimum absolute atomic E-state index is 0.128. The zero-order chi connectivity index (χ0) is 35.4. The highest BCUT2D eigenvalue weighted by Crippen LogP contribution is 2.42. The van der Waals surface area contributed by atoms with Crippen molar-refractivity contribution in [2.75, 3.05) is 11.5 Å². The quantitative estimate of drug-likeness (QED) is 0.0716. The standard InChI is InChI=1S/C38H30N6O5S2/c39-37-41-29(23-51-37)30(43-49-38(26-12-4-1-5-13-26,27-14-6-2-7-15-27)28-16-8-3-9-17-28)33(45)42-31-34(46)44-32(36(47)48)25(22-50-35(31)44)19-18-24-11-10-20-40-21-24/h1-21,23,31,35H,22H2,(H2,39,41)(H,42,45)(H,47,48)/b19-18+,43-30+/t31-,35-/m1/s1. The number of nitrogens with one attached hydrogen (secondary N) is 1. The van der Waals surface area contributed by atoms with E-state index in [1.54, 1.807) is 36.0 Å². The second-order valence-electron chi connectivity index (χ2n) is 11.5. The molecule has 0 saturated carbocycles. The van der Waals surface area contributed by atoms with Crippen LogP contribution in [0.15, 0.2) is 143 Å². The summed E-state index contributed by atoms with van der Waals surface area (Å²) in [4.78, 5) is 56.3. The van der Waals surface area contributed by atoms with Crippen molar-refractivity contribution in [1.29, 1.82) is 0 Å². The molecule has 2 aromatic heterocycles. The second kappa shape index (κ2) is 14.4. The van der Waals surface area contributed by atoms with Gasteiger partial charge in [0.25, 0.3) is 11.8 Å². The summed E-state index contributed by atoms with van der Waals surface area (Å²) in [5.74, 6) is -2.22. The van der Waals surface area contributed by atoms with Gasteiger partial charge in [-0.2, -0.15) is 0 Å². The number of β-lactam (4-membered cyclic amide) rings is 1. The van der Waals surface area contributed by atoms with E-state index in [1.807, 2.05) is 97.1 Å². The van der Waals surface area contributed by atoms with E-state index >= 15 is 0 Å². The van der Waals surface area contributed by atoms with E-state index in [4.69, 9.17) is 10.6 Å². The van der Waals surface area contributed by atoms with E-state index in [2.05, 4.69) is 20.4 Å². The van der Waals surface area contributed by atoms with Crippen molar-refractivity contribution < 1.29 is 24.3 Å². The number of aromatic nitrogens is 2. The molecule has 1 fully saturated rings. The van der Waals surface area contributed by atoms with Crippen LogP contribution < -0.4 is 11.1 Å². The number of carboxylic acid groups (broad SMARTS) is 1. The maximum absolute atomic E-state index is 14.1. The highest BCUT2D eigenvalue weighted by molar-refractivity contribution is 8.00. The number of aliphatic carboxylic acids is 1. The summed E-state index contributed by atoms with van der Waals surface area (Å²) in [7, 11) is 0. The Morgan fingerprint density at radius 1 is 0.941 bits per heavy atom. The Morgan fingerprint density at radius 3 is 2.10 bits per heavy atom. The van der Waals surface area contributed by atoms with Crippen LogP contribution in [-0.4, -0.2) is 60.6 Å². The number of nitrogens with zero attached hydrogens (tertiary/aromatic N) is 4. The van der Waals surface area contributed by atoms with Gasteiger partial charge in [-0.15, -0.1) is 23.1 Å². The molecule has 0 unspecified atom stereocenters. The number of carbonyl (C=O) groups is 3. The molecule has 0 spiro atoms. The van der Waals surface area contributed by atoms with Crippen LogP contribution in [0.4, 0.5) is 5.13 Å². The first-order valence-corrected chi connectivity index (χ1v) is 17.7. The first-order chi connectivity index (χ1) is 24.9. The molecule has 254 valence electrons. The summed E-state index contributed by atoms with van der Waals surface area (Å²) < 4.78 is 0. The first-order valence-electron chi connectivity index (χ1n) is 15.8. The number of amides is 2. The zero-order valence-corrected chi connectivity index (χ0v) is 28.5. The molecule has 2 amide bonds. The zero-order valence-electron chi connectivity index (χ0n) is 26.8. The maximum atomic E-state index is 14.1. The minimum atomic E-state index is -1.29. The van der Waals surface area contributed by atoms with Gasteiger partial charge in [-0.1, -0.05) is 114 Å². The molecule has 2 atom stereocenters. The summed E-state index contributed by atoms with van der Waals surface area (Å²) >= 11 is 2.48. The molecule has 2 aliphatic rings. The third kappa shape index (κ3) is 6.52. The van der Waals surface area contributed by atoms with Gasteiger partial charge in [-0.3, -0.25) is 19.5 Å². The molecule has 0 radical (unpaired) electrons. The Bertz CT molecular complexity index is 2060. The van der Waals surface area contributed by atoms with Crippen LogP contribution in [0.5, 0.6) is 0 Å². The number of pyridine rings is 1. The molecule has 11 nitrogen and oxygen atoms in total. The van der Waals surface area contributed by atoms with Gasteiger partial charge in [0.2, 0.25) is 5.60 Å². The Labute approximate surface area is 301 Å². The van der Waals surface area contributed by atoms with Crippen molar-refractivity contribution in [2.24, 2.45) is 5.16 Å². The SMILES string of the molecule is Nc1nc(/C(=N\OC(c2ccccc2)(c2ccccc2)c2ccccc2)C(=O)N[C@@H]2C(=O)N3C(C(=O)O)=C(/C=C/c4cccnc4)CS[C@H]23)cs1. The topological polar surface area (TPSA) is 160 Å². The monoisotopic (exact) mass is 714 g/mol. The molecule has 4 N–H and O–H groups in total. The molecule has 51 heavy (non-hydrogen) atoms. The lowest BCUT2D eigenvalue weighted by Gasteiger charge is -2.49. The van der Waals surface area contributed by atoms with Crippen molar-refractivity contribution in [3.05, 3.63) is 166 Å². The van der Waals surface area contributed by atoms with Gasteiger partial charge in [0.05, 0.1) is 0 Å². The summed E-state index contributed by atoms with van der Waals surface area (Å²) in [6.07, 6.45) is 6.72. The third-order valence-corrected chi connectivity index (χ3v) is 10.4. The normalized spacial score (nSPS) is 17.5. The molecule has 4 heterocycles. The van der Waals surface area contributed by atoms with Gasteiger partial charge in [0.1, 0.15) is 22.8 Å². The number of oxime groups is 1.